The molecule has 0 spiro atoms. The van der Waals surface area contributed by atoms with Gasteiger partial charge < -0.3 is 5.32 Å². The molecule has 4 nitrogen and oxygen atoms in total. The number of aryl methyl sites for hydroxylation is 2. The fourth-order valence-corrected chi connectivity index (χ4v) is 2.84. The number of hydrogen-bond donors (Lipinski definition) is 2. The molecule has 5 heteroatoms. The van der Waals surface area contributed by atoms with Gasteiger partial charge in [-0.1, -0.05) is 13.0 Å². The number of hydrogen-bond acceptors (Lipinski definition) is 3. The van der Waals surface area contributed by atoms with Crippen LogP contribution in [0.3, 0.4) is 0 Å². The minimum Gasteiger partial charge on any atom is -0.352 e. The highest BCUT2D eigenvalue weighted by molar-refractivity contribution is 7.09. The molecule has 2 heterocycles. The standard InChI is InChI=1S/C14H19N3OS/c1-9(7-12-5-4-6-19-12)14(18)15-8-13-10(2)16-17-11(13)3/h4-6,9H,7-8H2,1-3H3,(H,15,18)(H,16,17)/t9-/m1/s1. The maximum Gasteiger partial charge on any atom is 0.223 e. The molecule has 2 rings (SSSR count). The Morgan fingerprint density at radius 1 is 1.53 bits per heavy atom. The molecule has 2 aromatic rings. The summed E-state index contributed by atoms with van der Waals surface area (Å²) in [5.41, 5.74) is 3.05. The lowest BCUT2D eigenvalue weighted by atomic mass is 10.1. The summed E-state index contributed by atoms with van der Waals surface area (Å²) in [6.07, 6.45) is 0.798. The number of nitrogens with one attached hydrogen (secondary N) is 2. The monoisotopic (exact) mass is 277 g/mol. The first-order valence-corrected chi connectivity index (χ1v) is 7.26. The van der Waals surface area contributed by atoms with Crippen molar-refractivity contribution < 1.29 is 4.79 Å². The van der Waals surface area contributed by atoms with Gasteiger partial charge in [0.15, 0.2) is 0 Å². The van der Waals surface area contributed by atoms with Gasteiger partial charge in [-0.2, -0.15) is 5.10 Å². The van der Waals surface area contributed by atoms with Gasteiger partial charge in [-0.3, -0.25) is 9.89 Å². The van der Waals surface area contributed by atoms with Crippen LogP contribution in [-0.2, 0) is 17.8 Å². The average Bonchev–Trinajstić information content (AvgIpc) is 2.98. The Morgan fingerprint density at radius 2 is 2.32 bits per heavy atom. The molecule has 0 aliphatic carbocycles. The molecule has 0 aliphatic heterocycles. The molecule has 0 fully saturated rings. The minimum atomic E-state index is -0.00818. The van der Waals surface area contributed by atoms with Crippen LogP contribution in [0, 0.1) is 19.8 Å². The molecule has 0 bridgehead atoms. The normalized spacial score (nSPS) is 12.4. The van der Waals surface area contributed by atoms with Crippen LogP contribution in [-0.4, -0.2) is 16.1 Å². The number of aromatic amines is 1. The first-order chi connectivity index (χ1) is 9.08. The van der Waals surface area contributed by atoms with Crippen molar-refractivity contribution in [2.45, 2.75) is 33.7 Å². The summed E-state index contributed by atoms with van der Waals surface area (Å²) in [6, 6.07) is 4.08. The number of amides is 1. The van der Waals surface area contributed by atoms with Gasteiger partial charge >= 0.3 is 0 Å². The van der Waals surface area contributed by atoms with E-state index in [9.17, 15) is 4.79 Å². The van der Waals surface area contributed by atoms with Crippen molar-refractivity contribution in [3.63, 3.8) is 0 Å². The zero-order valence-electron chi connectivity index (χ0n) is 11.5. The molecule has 1 atom stereocenters. The fourth-order valence-electron chi connectivity index (χ4n) is 2.01. The molecular weight excluding hydrogens is 258 g/mol. The summed E-state index contributed by atoms with van der Waals surface area (Å²) in [5.74, 6) is 0.0829. The molecule has 19 heavy (non-hydrogen) atoms. The SMILES string of the molecule is Cc1n[nH]c(C)c1CNC(=O)[C@H](C)Cc1cccs1. The molecule has 2 N–H and O–H groups in total. The predicted octanol–water partition coefficient (Wildman–Crippen LogP) is 2.58. The second-order valence-electron chi connectivity index (χ2n) is 4.81. The van der Waals surface area contributed by atoms with Crippen molar-refractivity contribution in [1.29, 1.82) is 0 Å². The van der Waals surface area contributed by atoms with E-state index in [-0.39, 0.29) is 11.8 Å². The predicted molar refractivity (Wildman–Crippen MR) is 77.1 cm³/mol. The Bertz CT molecular complexity index is 526. The van der Waals surface area contributed by atoms with E-state index in [1.54, 1.807) is 11.3 Å². The van der Waals surface area contributed by atoms with Crippen LogP contribution in [0.5, 0.6) is 0 Å². The number of carbonyl (C=O) groups is 1. The Labute approximate surface area is 117 Å². The molecule has 1 amide bonds. The average molecular weight is 277 g/mol. The van der Waals surface area contributed by atoms with Crippen molar-refractivity contribution in [3.05, 3.63) is 39.3 Å². The van der Waals surface area contributed by atoms with Gasteiger partial charge in [-0.05, 0) is 31.7 Å². The molecule has 0 aliphatic rings. The summed E-state index contributed by atoms with van der Waals surface area (Å²) >= 11 is 1.69. The number of aromatic nitrogens is 2. The van der Waals surface area contributed by atoms with Crippen LogP contribution < -0.4 is 5.32 Å². The van der Waals surface area contributed by atoms with E-state index in [2.05, 4.69) is 21.6 Å². The van der Waals surface area contributed by atoms with E-state index in [0.29, 0.717) is 6.54 Å². The summed E-state index contributed by atoms with van der Waals surface area (Å²) < 4.78 is 0. The number of rotatable bonds is 5. The largest absolute Gasteiger partial charge is 0.352 e. The van der Waals surface area contributed by atoms with Gasteiger partial charge in [0, 0.05) is 28.6 Å². The molecular formula is C14H19N3OS. The van der Waals surface area contributed by atoms with Crippen molar-refractivity contribution in [2.24, 2.45) is 5.92 Å². The van der Waals surface area contributed by atoms with Crippen LogP contribution in [0.25, 0.3) is 0 Å². The van der Waals surface area contributed by atoms with E-state index in [1.807, 2.05) is 32.2 Å². The molecule has 0 unspecified atom stereocenters. The number of thiophene rings is 1. The Balaban J connectivity index is 1.87. The Hall–Kier alpha value is -1.62. The third-order valence-electron chi connectivity index (χ3n) is 3.26. The maximum absolute atomic E-state index is 12.0. The van der Waals surface area contributed by atoms with Crippen molar-refractivity contribution >= 4 is 17.2 Å². The summed E-state index contributed by atoms with van der Waals surface area (Å²) in [4.78, 5) is 13.3. The highest BCUT2D eigenvalue weighted by Gasteiger charge is 2.15. The zero-order chi connectivity index (χ0) is 13.8. The maximum atomic E-state index is 12.0. The van der Waals surface area contributed by atoms with Crippen LogP contribution >= 0.6 is 11.3 Å². The van der Waals surface area contributed by atoms with Crippen molar-refractivity contribution in [2.75, 3.05) is 0 Å². The van der Waals surface area contributed by atoms with Gasteiger partial charge in [0.2, 0.25) is 5.91 Å². The molecule has 0 radical (unpaired) electrons. The van der Waals surface area contributed by atoms with Crippen LogP contribution in [0.4, 0.5) is 0 Å². The molecule has 0 saturated heterocycles. The smallest absolute Gasteiger partial charge is 0.223 e. The second kappa shape index (κ2) is 6.02. The lowest BCUT2D eigenvalue weighted by molar-refractivity contribution is -0.124. The third kappa shape index (κ3) is 3.44. The van der Waals surface area contributed by atoms with Crippen molar-refractivity contribution in [3.8, 4) is 0 Å². The second-order valence-corrected chi connectivity index (χ2v) is 5.85. The summed E-state index contributed by atoms with van der Waals surface area (Å²) in [6.45, 7) is 6.42. The Kier molecular flexibility index (Phi) is 4.37. The van der Waals surface area contributed by atoms with E-state index in [1.165, 1.54) is 4.88 Å². The first kappa shape index (κ1) is 13.8. The van der Waals surface area contributed by atoms with E-state index in [4.69, 9.17) is 0 Å². The molecule has 0 aromatic carbocycles. The number of nitrogens with zero attached hydrogens (tertiary/aromatic N) is 1. The first-order valence-electron chi connectivity index (χ1n) is 6.38. The summed E-state index contributed by atoms with van der Waals surface area (Å²) in [5, 5.41) is 12.1. The fraction of sp³-hybridized carbons (Fsp3) is 0.429. The quantitative estimate of drug-likeness (QED) is 0.882. The lowest BCUT2D eigenvalue weighted by Gasteiger charge is -2.11. The molecule has 0 saturated carbocycles. The lowest BCUT2D eigenvalue weighted by Crippen LogP contribution is -2.30. The molecule has 2 aromatic heterocycles. The van der Waals surface area contributed by atoms with Crippen molar-refractivity contribution in [1.82, 2.24) is 15.5 Å². The van der Waals surface area contributed by atoms with Gasteiger partial charge in [0.25, 0.3) is 0 Å². The van der Waals surface area contributed by atoms with Gasteiger partial charge in [0.05, 0.1) is 5.69 Å². The Morgan fingerprint density at radius 3 is 2.89 bits per heavy atom. The topological polar surface area (TPSA) is 57.8 Å². The number of H-pyrrole nitrogens is 1. The zero-order valence-corrected chi connectivity index (χ0v) is 12.3. The van der Waals surface area contributed by atoms with E-state index < -0.39 is 0 Å². The van der Waals surface area contributed by atoms with Gasteiger partial charge in [-0.15, -0.1) is 11.3 Å². The van der Waals surface area contributed by atoms with Crippen LogP contribution in [0.1, 0.15) is 28.8 Å². The van der Waals surface area contributed by atoms with Gasteiger partial charge in [-0.25, -0.2) is 0 Å². The molecule has 102 valence electrons. The van der Waals surface area contributed by atoms with E-state index in [0.717, 1.165) is 23.4 Å². The van der Waals surface area contributed by atoms with Crippen LogP contribution in [0.15, 0.2) is 17.5 Å². The summed E-state index contributed by atoms with van der Waals surface area (Å²) in [7, 11) is 0. The van der Waals surface area contributed by atoms with Gasteiger partial charge in [0.1, 0.15) is 0 Å². The minimum absolute atomic E-state index is 0.00818. The van der Waals surface area contributed by atoms with E-state index >= 15 is 0 Å². The third-order valence-corrected chi connectivity index (χ3v) is 4.15. The number of carbonyl (C=O) groups excluding carboxylic acids is 1. The highest BCUT2D eigenvalue weighted by Crippen LogP contribution is 2.15. The highest BCUT2D eigenvalue weighted by atomic mass is 32.1. The van der Waals surface area contributed by atoms with Crippen LogP contribution in [0.2, 0.25) is 0 Å².